The normalized spacial score (nSPS) is 10.7. The predicted molar refractivity (Wildman–Crippen MR) is 64.5 cm³/mol. The highest BCUT2D eigenvalue weighted by Gasteiger charge is 2.04. The number of nitrogens with zero attached hydrogens (tertiary/aromatic N) is 1. The number of halogens is 3. The molecule has 0 spiro atoms. The van der Waals surface area contributed by atoms with Gasteiger partial charge in [0, 0.05) is 15.2 Å². The van der Waals surface area contributed by atoms with Crippen molar-refractivity contribution in [1.29, 1.82) is 0 Å². The van der Waals surface area contributed by atoms with Crippen LogP contribution in [0.3, 0.4) is 0 Å². The van der Waals surface area contributed by atoms with Crippen LogP contribution in [0.2, 0.25) is 10.0 Å². The van der Waals surface area contributed by atoms with E-state index in [1.165, 1.54) is 0 Å². The molecule has 0 saturated carbocycles. The van der Waals surface area contributed by atoms with E-state index in [1.807, 2.05) is 12.1 Å². The summed E-state index contributed by atoms with van der Waals surface area (Å²) in [6.07, 6.45) is 1.66. The van der Waals surface area contributed by atoms with E-state index in [0.717, 1.165) is 14.5 Å². The number of fused-ring (bicyclic) bond motifs is 1. The third kappa shape index (κ3) is 1.75. The topological polar surface area (TPSA) is 12.9 Å². The molecule has 1 nitrogen and oxygen atoms in total. The van der Waals surface area contributed by atoms with Crippen LogP contribution in [0.5, 0.6) is 0 Å². The summed E-state index contributed by atoms with van der Waals surface area (Å²) in [5.74, 6) is 0. The average molecular weight is 324 g/mol. The van der Waals surface area contributed by atoms with Crippen LogP contribution in [0.25, 0.3) is 10.9 Å². The maximum absolute atomic E-state index is 6.01. The van der Waals surface area contributed by atoms with Crippen molar-refractivity contribution in [2.75, 3.05) is 0 Å². The molecule has 66 valence electrons. The number of aromatic nitrogens is 1. The smallest absolute Gasteiger partial charge is 0.0903 e. The second kappa shape index (κ2) is 3.59. The molecule has 0 fully saturated rings. The van der Waals surface area contributed by atoms with E-state index in [2.05, 4.69) is 27.6 Å². The molecule has 0 radical (unpaired) electrons. The fourth-order valence-corrected chi connectivity index (χ4v) is 2.42. The fraction of sp³-hybridized carbons (Fsp3) is 0. The van der Waals surface area contributed by atoms with E-state index >= 15 is 0 Å². The third-order valence-electron chi connectivity index (χ3n) is 1.71. The Morgan fingerprint density at radius 2 is 1.92 bits per heavy atom. The maximum Gasteiger partial charge on any atom is 0.0903 e. The lowest BCUT2D eigenvalue weighted by Crippen LogP contribution is -1.82. The largest absolute Gasteiger partial charge is 0.255 e. The zero-order chi connectivity index (χ0) is 9.42. The van der Waals surface area contributed by atoms with Crippen LogP contribution in [-0.2, 0) is 0 Å². The third-order valence-corrected chi connectivity index (χ3v) is 2.95. The van der Waals surface area contributed by atoms with Gasteiger partial charge in [0.2, 0.25) is 0 Å². The molecule has 1 aromatic heterocycles. The Balaban J connectivity index is 2.94. The summed E-state index contributed by atoms with van der Waals surface area (Å²) in [7, 11) is 0. The molecule has 0 bridgehead atoms. The van der Waals surface area contributed by atoms with Crippen LogP contribution >= 0.6 is 45.8 Å². The van der Waals surface area contributed by atoms with Crippen molar-refractivity contribution < 1.29 is 0 Å². The Hall–Kier alpha value is -0.0600. The SMILES string of the molecule is Clc1ccnc2c(Cl)cc(I)cc12. The van der Waals surface area contributed by atoms with Crippen molar-refractivity contribution in [3.63, 3.8) is 0 Å². The van der Waals surface area contributed by atoms with E-state index in [4.69, 9.17) is 23.2 Å². The highest BCUT2D eigenvalue weighted by molar-refractivity contribution is 14.1. The first kappa shape index (κ1) is 9.49. The maximum atomic E-state index is 6.01. The molecule has 4 heteroatoms. The molecule has 1 heterocycles. The standard InChI is InChI=1S/C9H4Cl2IN/c10-7-1-2-13-9-6(7)3-5(12)4-8(9)11/h1-4H. The van der Waals surface area contributed by atoms with Crippen molar-refractivity contribution in [3.8, 4) is 0 Å². The lowest BCUT2D eigenvalue weighted by Gasteiger charge is -2.01. The van der Waals surface area contributed by atoms with E-state index in [-0.39, 0.29) is 0 Å². The molecule has 0 aliphatic heterocycles. The molecular weight excluding hydrogens is 320 g/mol. The molecule has 2 rings (SSSR count). The Kier molecular flexibility index (Phi) is 2.62. The second-order valence-electron chi connectivity index (χ2n) is 2.58. The lowest BCUT2D eigenvalue weighted by atomic mass is 10.2. The highest BCUT2D eigenvalue weighted by atomic mass is 127. The van der Waals surface area contributed by atoms with Gasteiger partial charge in [0.1, 0.15) is 0 Å². The summed E-state index contributed by atoms with van der Waals surface area (Å²) >= 11 is 14.2. The number of rotatable bonds is 0. The van der Waals surface area contributed by atoms with Crippen LogP contribution in [0, 0.1) is 3.57 Å². The molecule has 1 aromatic carbocycles. The van der Waals surface area contributed by atoms with Gasteiger partial charge in [-0.3, -0.25) is 4.98 Å². The zero-order valence-corrected chi connectivity index (χ0v) is 10.1. The first-order valence-corrected chi connectivity index (χ1v) is 5.41. The first-order valence-electron chi connectivity index (χ1n) is 3.58. The molecule has 0 N–H and O–H groups in total. The molecular formula is C9H4Cl2IN. The predicted octanol–water partition coefficient (Wildman–Crippen LogP) is 4.15. The van der Waals surface area contributed by atoms with Gasteiger partial charge in [-0.25, -0.2) is 0 Å². The molecule has 0 saturated heterocycles. The van der Waals surface area contributed by atoms with Gasteiger partial charge in [-0.2, -0.15) is 0 Å². The van der Waals surface area contributed by atoms with Crippen molar-refractivity contribution in [1.82, 2.24) is 4.98 Å². The van der Waals surface area contributed by atoms with Gasteiger partial charge in [-0.15, -0.1) is 0 Å². The summed E-state index contributed by atoms with van der Waals surface area (Å²) in [4.78, 5) is 4.16. The summed E-state index contributed by atoms with van der Waals surface area (Å²) in [5, 5.41) is 2.23. The van der Waals surface area contributed by atoms with Crippen LogP contribution in [0.4, 0.5) is 0 Å². The molecule has 0 aliphatic rings. The number of hydrogen-bond donors (Lipinski definition) is 0. The quantitative estimate of drug-likeness (QED) is 0.664. The lowest BCUT2D eigenvalue weighted by molar-refractivity contribution is 1.41. The minimum absolute atomic E-state index is 0.643. The van der Waals surface area contributed by atoms with Crippen molar-refractivity contribution in [2.24, 2.45) is 0 Å². The molecule has 13 heavy (non-hydrogen) atoms. The Bertz CT molecular complexity index is 470. The van der Waals surface area contributed by atoms with Gasteiger partial charge in [0.25, 0.3) is 0 Å². The van der Waals surface area contributed by atoms with Gasteiger partial charge in [-0.1, -0.05) is 23.2 Å². The molecule has 0 unspecified atom stereocenters. The Labute approximate surface area is 99.2 Å². The van der Waals surface area contributed by atoms with Crippen LogP contribution in [-0.4, -0.2) is 4.98 Å². The van der Waals surface area contributed by atoms with Gasteiger partial charge >= 0.3 is 0 Å². The highest BCUT2D eigenvalue weighted by Crippen LogP contribution is 2.29. The molecule has 0 amide bonds. The second-order valence-corrected chi connectivity index (χ2v) is 4.64. The minimum atomic E-state index is 0.643. The van der Waals surface area contributed by atoms with Crippen LogP contribution in [0.15, 0.2) is 24.4 Å². The van der Waals surface area contributed by atoms with E-state index < -0.39 is 0 Å². The number of hydrogen-bond acceptors (Lipinski definition) is 1. The molecule has 2 aromatic rings. The van der Waals surface area contributed by atoms with Gasteiger partial charge in [0.05, 0.1) is 15.6 Å². The zero-order valence-electron chi connectivity index (χ0n) is 6.39. The first-order chi connectivity index (χ1) is 6.18. The monoisotopic (exact) mass is 323 g/mol. The van der Waals surface area contributed by atoms with Gasteiger partial charge in [0.15, 0.2) is 0 Å². The summed E-state index contributed by atoms with van der Waals surface area (Å²) in [6, 6.07) is 5.60. The van der Waals surface area contributed by atoms with Crippen molar-refractivity contribution in [3.05, 3.63) is 38.0 Å². The Morgan fingerprint density at radius 1 is 1.15 bits per heavy atom. The number of pyridine rings is 1. The van der Waals surface area contributed by atoms with Crippen molar-refractivity contribution >= 4 is 56.7 Å². The van der Waals surface area contributed by atoms with E-state index in [1.54, 1.807) is 12.3 Å². The minimum Gasteiger partial charge on any atom is -0.255 e. The van der Waals surface area contributed by atoms with Gasteiger partial charge < -0.3 is 0 Å². The van der Waals surface area contributed by atoms with Crippen LogP contribution < -0.4 is 0 Å². The summed E-state index contributed by atoms with van der Waals surface area (Å²) < 4.78 is 1.06. The summed E-state index contributed by atoms with van der Waals surface area (Å²) in [6.45, 7) is 0. The summed E-state index contributed by atoms with van der Waals surface area (Å²) in [5.41, 5.74) is 0.759. The van der Waals surface area contributed by atoms with Gasteiger partial charge in [-0.05, 0) is 40.8 Å². The van der Waals surface area contributed by atoms with E-state index in [9.17, 15) is 0 Å². The average Bonchev–Trinajstić information content (AvgIpc) is 2.07. The molecule has 0 atom stereocenters. The Morgan fingerprint density at radius 3 is 2.69 bits per heavy atom. The van der Waals surface area contributed by atoms with Crippen LogP contribution in [0.1, 0.15) is 0 Å². The van der Waals surface area contributed by atoms with Crippen molar-refractivity contribution in [2.45, 2.75) is 0 Å². The van der Waals surface area contributed by atoms with E-state index in [0.29, 0.717) is 10.0 Å². The fourth-order valence-electron chi connectivity index (χ4n) is 1.15. The molecule has 0 aliphatic carbocycles. The number of benzene rings is 1.